The standard InChI is InChI=1S/C22H33NO5/c1-22(2,3)12-13-9-16(10-13)21-19(14-5-6-14)20(23-28-21)15(11-17(24)25)7-8-18(26)27-4/h13-16H,5-12H2,1-4H3,(H,24,25)/t13-,15-,16+/m0/s1. The summed E-state index contributed by atoms with van der Waals surface area (Å²) in [5.74, 6) is 1.03. The lowest BCUT2D eigenvalue weighted by Gasteiger charge is -2.38. The zero-order valence-electron chi connectivity index (χ0n) is 17.5. The average molecular weight is 392 g/mol. The Hall–Kier alpha value is -1.85. The highest BCUT2D eigenvalue weighted by atomic mass is 16.5. The van der Waals surface area contributed by atoms with Crippen molar-refractivity contribution in [2.45, 2.75) is 89.9 Å². The molecule has 28 heavy (non-hydrogen) atoms. The highest BCUT2D eigenvalue weighted by Crippen LogP contribution is 2.53. The van der Waals surface area contributed by atoms with Crippen LogP contribution in [0.3, 0.4) is 0 Å². The fourth-order valence-electron chi connectivity index (χ4n) is 4.62. The molecule has 2 aliphatic rings. The maximum Gasteiger partial charge on any atom is 0.305 e. The third-order valence-electron chi connectivity index (χ3n) is 6.01. The molecule has 1 heterocycles. The minimum Gasteiger partial charge on any atom is -0.481 e. The normalized spacial score (nSPS) is 23.1. The number of ether oxygens (including phenoxy) is 1. The first-order valence-corrected chi connectivity index (χ1v) is 10.5. The van der Waals surface area contributed by atoms with Crippen LogP contribution in [0.5, 0.6) is 0 Å². The van der Waals surface area contributed by atoms with Crippen LogP contribution in [0.4, 0.5) is 0 Å². The highest BCUT2D eigenvalue weighted by molar-refractivity contribution is 5.70. The summed E-state index contributed by atoms with van der Waals surface area (Å²) in [6.07, 6.45) is 6.24. The summed E-state index contributed by atoms with van der Waals surface area (Å²) in [4.78, 5) is 23.0. The number of aliphatic carboxylic acids is 1. The zero-order chi connectivity index (χ0) is 20.5. The summed E-state index contributed by atoms with van der Waals surface area (Å²) >= 11 is 0. The maximum atomic E-state index is 11.6. The van der Waals surface area contributed by atoms with Gasteiger partial charge < -0.3 is 14.4 Å². The molecule has 0 bridgehead atoms. The third kappa shape index (κ3) is 5.15. The van der Waals surface area contributed by atoms with Crippen molar-refractivity contribution in [3.05, 3.63) is 17.0 Å². The molecule has 156 valence electrons. The molecule has 1 atom stereocenters. The Kier molecular flexibility index (Phi) is 6.15. The lowest BCUT2D eigenvalue weighted by molar-refractivity contribution is -0.142. The van der Waals surface area contributed by atoms with Gasteiger partial charge in [0.2, 0.25) is 0 Å². The van der Waals surface area contributed by atoms with Gasteiger partial charge in [-0.05, 0) is 55.8 Å². The number of esters is 1. The van der Waals surface area contributed by atoms with Gasteiger partial charge in [0.15, 0.2) is 0 Å². The highest BCUT2D eigenvalue weighted by Gasteiger charge is 2.42. The lowest BCUT2D eigenvalue weighted by atomic mass is 9.66. The number of carbonyl (C=O) groups is 2. The Morgan fingerprint density at radius 3 is 2.46 bits per heavy atom. The molecule has 0 aliphatic heterocycles. The second kappa shape index (κ2) is 8.26. The van der Waals surface area contributed by atoms with Crippen LogP contribution in [0, 0.1) is 11.3 Å². The SMILES string of the molecule is COC(=O)CC[C@@H](CC(=O)O)c1noc([C@H]2C[C@@H](CC(C)(C)C)C2)c1C1CC1. The summed E-state index contributed by atoms with van der Waals surface area (Å²) in [5, 5.41) is 13.7. The Bertz CT molecular complexity index is 707. The molecule has 6 heteroatoms. The fourth-order valence-corrected chi connectivity index (χ4v) is 4.62. The lowest BCUT2D eigenvalue weighted by Crippen LogP contribution is -2.26. The van der Waals surface area contributed by atoms with Gasteiger partial charge in [0, 0.05) is 23.8 Å². The van der Waals surface area contributed by atoms with Crippen LogP contribution < -0.4 is 0 Å². The van der Waals surface area contributed by atoms with Crippen LogP contribution in [0.15, 0.2) is 4.52 Å². The van der Waals surface area contributed by atoms with E-state index in [0.717, 1.165) is 48.6 Å². The molecule has 0 spiro atoms. The fraction of sp³-hybridized carbons (Fsp3) is 0.773. The predicted molar refractivity (Wildman–Crippen MR) is 104 cm³/mol. The molecule has 0 unspecified atom stereocenters. The number of methoxy groups -OCH3 is 1. The maximum absolute atomic E-state index is 11.6. The van der Waals surface area contributed by atoms with Crippen molar-refractivity contribution in [3.63, 3.8) is 0 Å². The van der Waals surface area contributed by atoms with Crippen LogP contribution in [0.2, 0.25) is 0 Å². The zero-order valence-corrected chi connectivity index (χ0v) is 17.5. The Morgan fingerprint density at radius 1 is 1.25 bits per heavy atom. The van der Waals surface area contributed by atoms with E-state index >= 15 is 0 Å². The molecule has 6 nitrogen and oxygen atoms in total. The molecule has 1 aromatic heterocycles. The van der Waals surface area contributed by atoms with E-state index in [9.17, 15) is 14.7 Å². The first-order valence-electron chi connectivity index (χ1n) is 10.5. The van der Waals surface area contributed by atoms with Crippen molar-refractivity contribution in [1.29, 1.82) is 0 Å². The van der Waals surface area contributed by atoms with Gasteiger partial charge in [0.25, 0.3) is 0 Å². The van der Waals surface area contributed by atoms with Crippen molar-refractivity contribution in [2.75, 3.05) is 7.11 Å². The van der Waals surface area contributed by atoms with Crippen LogP contribution in [-0.4, -0.2) is 29.3 Å². The van der Waals surface area contributed by atoms with E-state index in [1.165, 1.54) is 13.5 Å². The van der Waals surface area contributed by atoms with Gasteiger partial charge in [-0.1, -0.05) is 25.9 Å². The number of carboxylic acids is 1. The van der Waals surface area contributed by atoms with Crippen molar-refractivity contribution in [2.24, 2.45) is 11.3 Å². The molecule has 2 fully saturated rings. The van der Waals surface area contributed by atoms with Gasteiger partial charge in [-0.15, -0.1) is 0 Å². The first kappa shape index (κ1) is 20.9. The number of carbonyl (C=O) groups excluding carboxylic acids is 1. The number of hydrogen-bond acceptors (Lipinski definition) is 5. The number of nitrogens with zero attached hydrogens (tertiary/aromatic N) is 1. The van der Waals surface area contributed by atoms with Crippen LogP contribution >= 0.6 is 0 Å². The predicted octanol–water partition coefficient (Wildman–Crippen LogP) is 4.99. The van der Waals surface area contributed by atoms with E-state index in [-0.39, 0.29) is 24.7 Å². The third-order valence-corrected chi connectivity index (χ3v) is 6.01. The van der Waals surface area contributed by atoms with E-state index in [4.69, 9.17) is 9.26 Å². The van der Waals surface area contributed by atoms with Gasteiger partial charge in [-0.3, -0.25) is 9.59 Å². The summed E-state index contributed by atoms with van der Waals surface area (Å²) < 4.78 is 10.5. The second-order valence-corrected chi connectivity index (χ2v) is 9.83. The van der Waals surface area contributed by atoms with Crippen LogP contribution in [0.1, 0.15) is 107 Å². The van der Waals surface area contributed by atoms with Crippen LogP contribution in [-0.2, 0) is 14.3 Å². The largest absolute Gasteiger partial charge is 0.481 e. The summed E-state index contributed by atoms with van der Waals surface area (Å²) in [7, 11) is 1.35. The monoisotopic (exact) mass is 391 g/mol. The molecule has 1 N–H and O–H groups in total. The van der Waals surface area contributed by atoms with Crippen molar-refractivity contribution in [1.82, 2.24) is 5.16 Å². The molecule has 3 rings (SSSR count). The molecule has 2 aliphatic carbocycles. The number of hydrogen-bond donors (Lipinski definition) is 1. The van der Waals surface area contributed by atoms with E-state index in [1.807, 2.05) is 0 Å². The quantitative estimate of drug-likeness (QED) is 0.596. The Balaban J connectivity index is 1.76. The topological polar surface area (TPSA) is 89.6 Å². The molecule has 0 aromatic carbocycles. The molecule has 0 amide bonds. The molecule has 2 saturated carbocycles. The molecular formula is C22H33NO5. The van der Waals surface area contributed by atoms with Gasteiger partial charge in [-0.25, -0.2) is 0 Å². The van der Waals surface area contributed by atoms with Crippen molar-refractivity contribution >= 4 is 11.9 Å². The van der Waals surface area contributed by atoms with E-state index < -0.39 is 5.97 Å². The average Bonchev–Trinajstić information content (AvgIpc) is 3.32. The minimum absolute atomic E-state index is 0.0417. The van der Waals surface area contributed by atoms with E-state index in [2.05, 4.69) is 25.9 Å². The smallest absolute Gasteiger partial charge is 0.305 e. The molecule has 1 aromatic rings. The summed E-state index contributed by atoms with van der Waals surface area (Å²) in [5.41, 5.74) is 2.25. The number of rotatable bonds is 9. The number of aromatic nitrogens is 1. The molecule has 0 radical (unpaired) electrons. The molecule has 0 saturated heterocycles. The minimum atomic E-state index is -0.880. The van der Waals surface area contributed by atoms with Gasteiger partial charge in [-0.2, -0.15) is 0 Å². The van der Waals surface area contributed by atoms with Crippen LogP contribution in [0.25, 0.3) is 0 Å². The van der Waals surface area contributed by atoms with E-state index in [0.29, 0.717) is 23.7 Å². The number of carboxylic acid groups (broad SMARTS) is 1. The van der Waals surface area contributed by atoms with Gasteiger partial charge in [0.05, 0.1) is 19.2 Å². The first-order chi connectivity index (χ1) is 13.2. The summed E-state index contributed by atoms with van der Waals surface area (Å²) in [6.45, 7) is 6.83. The Morgan fingerprint density at radius 2 is 1.93 bits per heavy atom. The second-order valence-electron chi connectivity index (χ2n) is 9.83. The summed E-state index contributed by atoms with van der Waals surface area (Å²) in [6, 6.07) is 0. The van der Waals surface area contributed by atoms with Crippen molar-refractivity contribution in [3.8, 4) is 0 Å². The van der Waals surface area contributed by atoms with E-state index in [1.54, 1.807) is 0 Å². The van der Waals surface area contributed by atoms with Gasteiger partial charge >= 0.3 is 11.9 Å². The van der Waals surface area contributed by atoms with Gasteiger partial charge in [0.1, 0.15) is 5.76 Å². The Labute approximate surface area is 167 Å². The van der Waals surface area contributed by atoms with Crippen molar-refractivity contribution < 1.29 is 24.0 Å². The molecular weight excluding hydrogens is 358 g/mol.